The van der Waals surface area contributed by atoms with Crippen molar-refractivity contribution in [2.75, 3.05) is 6.61 Å². The number of aliphatic hydroxyl groups is 3. The van der Waals surface area contributed by atoms with Crippen LogP contribution in [0.1, 0.15) is 0 Å². The van der Waals surface area contributed by atoms with Gasteiger partial charge in [-0.2, -0.15) is 0 Å². The zero-order valence-corrected chi connectivity index (χ0v) is 28.3. The maximum absolute atomic E-state index is 9.21. The van der Waals surface area contributed by atoms with E-state index in [9.17, 15) is 10.2 Å². The van der Waals surface area contributed by atoms with Crippen molar-refractivity contribution in [3.63, 3.8) is 0 Å². The largest absolute Gasteiger partial charge is 0.669 e. The second kappa shape index (κ2) is 15.7. The summed E-state index contributed by atoms with van der Waals surface area (Å²) in [5.41, 5.74) is 6.25. The first-order valence-corrected chi connectivity index (χ1v) is 3.99. The predicted octanol–water partition coefficient (Wildman–Crippen LogP) is -0.915. The molecule has 1 saturated heterocycles. The molecule has 1 aliphatic rings. The van der Waals surface area contributed by atoms with Gasteiger partial charge in [0.2, 0.25) is 0 Å². The van der Waals surface area contributed by atoms with Crippen molar-refractivity contribution in [3.8, 4) is 0 Å². The van der Waals surface area contributed by atoms with Crippen molar-refractivity contribution < 1.29 is 196 Å². The molecule has 2 unspecified atom stereocenters. The van der Waals surface area contributed by atoms with Gasteiger partial charge in [0.15, 0.2) is 0 Å². The number of hydrogen-bond donors (Lipinski definition) is 3. The normalized spacial score (nSPS) is 36.9. The second-order valence-electron chi connectivity index (χ2n) is 2.72. The molecule has 0 amide bonds. The third kappa shape index (κ3) is 9.10. The zero-order valence-electron chi connectivity index (χ0n) is 8.53. The summed E-state index contributed by atoms with van der Waals surface area (Å²) in [4.78, 5) is 0. The Bertz CT molecular complexity index is 167. The van der Waals surface area contributed by atoms with Gasteiger partial charge in [-0.15, -0.1) is 0 Å². The third-order valence-electron chi connectivity index (χ3n) is 1.87. The van der Waals surface area contributed by atoms with Gasteiger partial charge in [-0.1, -0.05) is 17.6 Å². The summed E-state index contributed by atoms with van der Waals surface area (Å²) in [5, 5.41) is 27.1. The van der Waals surface area contributed by atoms with Gasteiger partial charge in [-0.3, -0.25) is 0 Å². The summed E-state index contributed by atoms with van der Waals surface area (Å²) in [6.45, 7) is -0.422. The molecule has 5 nitrogen and oxygen atoms in total. The van der Waals surface area contributed by atoms with E-state index < -0.39 is 36.5 Å². The van der Waals surface area contributed by atoms with E-state index in [1.165, 1.54) is 0 Å². The Kier molecular flexibility index (Phi) is 29.3. The summed E-state index contributed by atoms with van der Waals surface area (Å²) >= 11 is 5.51. The van der Waals surface area contributed by atoms with E-state index in [1.54, 1.807) is 0 Å². The molecule has 0 saturated carbocycles. The SMILES string of the molecule is [Ac].[Ac].[Ac].[Ac].[NH-]C1[C@H](Cl)OC(CO)[C@H](O)[C@@H]1O. The number of halogens is 1. The first kappa shape index (κ1) is 29.8. The van der Waals surface area contributed by atoms with Crippen LogP contribution in [0.4, 0.5) is 0 Å². The molecule has 0 bridgehead atoms. The Labute approximate surface area is 243 Å². The molecule has 4 radical (unpaired) electrons. The van der Waals surface area contributed by atoms with E-state index in [0.29, 0.717) is 0 Å². The van der Waals surface area contributed by atoms with Crippen molar-refractivity contribution in [2.24, 2.45) is 0 Å². The molecule has 0 aromatic heterocycles. The molecule has 5 atom stereocenters. The molecular weight excluding hydrogens is 1090 g/mol. The number of aliphatic hydroxyl groups excluding tert-OH is 3. The first-order valence-electron chi connectivity index (χ1n) is 3.55. The molecule has 84 valence electrons. The van der Waals surface area contributed by atoms with E-state index in [4.69, 9.17) is 27.2 Å². The average molecular weight is 1100 g/mol. The molecule has 1 aliphatic heterocycles. The van der Waals surface area contributed by atoms with Crippen LogP contribution in [0.15, 0.2) is 0 Å². The monoisotopic (exact) mass is 1100 g/mol. The molecule has 16 heavy (non-hydrogen) atoms. The van der Waals surface area contributed by atoms with Gasteiger partial charge in [0.1, 0.15) is 17.8 Å². The Morgan fingerprint density at radius 2 is 1.50 bits per heavy atom. The van der Waals surface area contributed by atoms with Gasteiger partial charge >= 0.3 is 0 Å². The van der Waals surface area contributed by atoms with Crippen molar-refractivity contribution in [1.82, 2.24) is 0 Å². The first-order chi connectivity index (χ1) is 5.57. The molecule has 1 fully saturated rings. The minimum absolute atomic E-state index is 0. The fraction of sp³-hybridized carbons (Fsp3) is 1.00. The predicted molar refractivity (Wildman–Crippen MR) is 41.7 cm³/mol. The van der Waals surface area contributed by atoms with Crippen molar-refractivity contribution in [3.05, 3.63) is 5.73 Å². The molecule has 4 N–H and O–H groups in total. The minimum Gasteiger partial charge on any atom is -0.669 e. The molecular formula is C6H11Ac4ClNO4-. The molecule has 10 heteroatoms. The van der Waals surface area contributed by atoms with Gasteiger partial charge in [0.25, 0.3) is 0 Å². The van der Waals surface area contributed by atoms with Crippen LogP contribution in [-0.2, 0) is 4.74 Å². The Morgan fingerprint density at radius 3 is 1.88 bits per heavy atom. The standard InChI is InChI=1S/C6H11ClNO4.4Ac/c7-6-3(8)5(11)4(10)2(1-9)12-6;;;;/h2-6,8-11H,1H2;;;;/q-1;;;;/t2?,3?,4-,5+,6+;;;;/m0..../s1. The zero-order chi connectivity index (χ0) is 9.30. The summed E-state index contributed by atoms with van der Waals surface area (Å²) < 4.78 is 4.85. The summed E-state index contributed by atoms with van der Waals surface area (Å²) in [5.74, 6) is 0. The van der Waals surface area contributed by atoms with E-state index in [2.05, 4.69) is 0 Å². The van der Waals surface area contributed by atoms with Gasteiger partial charge in [-0.05, 0) is 0 Å². The minimum atomic E-state index is -1.27. The third-order valence-corrected chi connectivity index (χ3v) is 2.24. The van der Waals surface area contributed by atoms with Gasteiger partial charge < -0.3 is 25.8 Å². The summed E-state index contributed by atoms with van der Waals surface area (Å²) in [6, 6.07) is -1.08. The molecule has 0 spiro atoms. The Morgan fingerprint density at radius 1 is 1.06 bits per heavy atom. The van der Waals surface area contributed by atoms with Gasteiger partial charge in [0, 0.05) is 176 Å². The van der Waals surface area contributed by atoms with Crippen molar-refractivity contribution in [1.29, 1.82) is 0 Å². The average Bonchev–Trinajstić information content (AvgIpc) is 2.08. The fourth-order valence-electron chi connectivity index (χ4n) is 1.07. The van der Waals surface area contributed by atoms with E-state index >= 15 is 0 Å². The molecule has 1 rings (SSSR count). The van der Waals surface area contributed by atoms with Gasteiger partial charge in [0.05, 0.1) is 12.7 Å². The van der Waals surface area contributed by atoms with Crippen LogP contribution in [0.2, 0.25) is 0 Å². The number of hydrogen-bond acceptors (Lipinski definition) is 4. The van der Waals surface area contributed by atoms with Crippen LogP contribution >= 0.6 is 11.6 Å². The van der Waals surface area contributed by atoms with Crippen LogP contribution < -0.4 is 0 Å². The van der Waals surface area contributed by atoms with E-state index in [1.807, 2.05) is 0 Å². The number of alkyl halides is 1. The van der Waals surface area contributed by atoms with E-state index in [-0.39, 0.29) is 176 Å². The fourth-order valence-corrected chi connectivity index (χ4v) is 1.35. The Balaban J connectivity index is -0.000000180. The maximum atomic E-state index is 9.21. The quantitative estimate of drug-likeness (QED) is 0.297. The van der Waals surface area contributed by atoms with Crippen LogP contribution in [0.5, 0.6) is 0 Å². The molecule has 1 heterocycles. The van der Waals surface area contributed by atoms with Crippen LogP contribution in [0, 0.1) is 176 Å². The van der Waals surface area contributed by atoms with Crippen LogP contribution in [0.3, 0.4) is 0 Å². The van der Waals surface area contributed by atoms with Crippen LogP contribution in [0.25, 0.3) is 5.73 Å². The Hall–Kier alpha value is 5.86. The van der Waals surface area contributed by atoms with Crippen LogP contribution in [-0.4, -0.2) is 51.8 Å². The van der Waals surface area contributed by atoms with Gasteiger partial charge in [-0.25, -0.2) is 0 Å². The van der Waals surface area contributed by atoms with Crippen molar-refractivity contribution >= 4 is 11.6 Å². The smallest absolute Gasteiger partial charge is 0.118 e. The topological polar surface area (TPSA) is 93.7 Å². The molecule has 0 aromatic carbocycles. The summed E-state index contributed by atoms with van der Waals surface area (Å²) in [6.07, 6.45) is -3.41. The number of nitrogens with one attached hydrogen (secondary N) is 1. The molecule has 0 aliphatic carbocycles. The van der Waals surface area contributed by atoms with Crippen molar-refractivity contribution in [2.45, 2.75) is 29.9 Å². The van der Waals surface area contributed by atoms with E-state index in [0.717, 1.165) is 0 Å². The molecule has 0 aromatic rings. The summed E-state index contributed by atoms with van der Waals surface area (Å²) in [7, 11) is 0. The number of ether oxygens (including phenoxy) is 1. The maximum Gasteiger partial charge on any atom is 0.118 e. The number of rotatable bonds is 1. The second-order valence-corrected chi connectivity index (χ2v) is 3.15.